The summed E-state index contributed by atoms with van der Waals surface area (Å²) >= 11 is 3.46. The number of halogens is 1. The number of nitrogens with one attached hydrogen (secondary N) is 1. The molecule has 11 heteroatoms. The molecule has 0 saturated heterocycles. The van der Waals surface area contributed by atoms with E-state index in [0.29, 0.717) is 49.5 Å². The van der Waals surface area contributed by atoms with E-state index in [4.69, 9.17) is 24.3 Å². The molecule has 224 valence electrons. The van der Waals surface area contributed by atoms with Crippen molar-refractivity contribution < 1.29 is 32.5 Å². The number of aliphatic hydroxyl groups excluding tert-OH is 1. The zero-order chi connectivity index (χ0) is 30.0. The Hall–Kier alpha value is -3.25. The van der Waals surface area contributed by atoms with Crippen LogP contribution in [0.15, 0.2) is 93.2 Å². The minimum atomic E-state index is -3.73. The van der Waals surface area contributed by atoms with Crippen molar-refractivity contribution in [2.45, 2.75) is 35.8 Å². The van der Waals surface area contributed by atoms with Crippen LogP contribution in [-0.2, 0) is 24.1 Å². The minimum absolute atomic E-state index is 0.0375. The molecular formula is C31H35BrN2O7S. The van der Waals surface area contributed by atoms with Crippen LogP contribution in [0.2, 0.25) is 0 Å². The third-order valence-electron chi connectivity index (χ3n) is 6.87. The third kappa shape index (κ3) is 7.77. The fourth-order valence-corrected chi connectivity index (χ4v) is 6.27. The molecule has 0 fully saturated rings. The first kappa shape index (κ1) is 31.7. The van der Waals surface area contributed by atoms with Crippen molar-refractivity contribution >= 4 is 37.6 Å². The van der Waals surface area contributed by atoms with Gasteiger partial charge in [-0.15, -0.1) is 0 Å². The van der Waals surface area contributed by atoms with E-state index in [1.165, 1.54) is 0 Å². The second-order valence-electron chi connectivity index (χ2n) is 9.82. The Morgan fingerprint density at radius 2 is 1.74 bits per heavy atom. The van der Waals surface area contributed by atoms with Gasteiger partial charge in [-0.1, -0.05) is 46.3 Å². The van der Waals surface area contributed by atoms with E-state index in [1.807, 2.05) is 24.3 Å². The Bertz CT molecular complexity index is 1450. The highest BCUT2D eigenvalue weighted by molar-refractivity contribution is 9.10. The SMILES string of the molecule is COCCCNC(=O)[C@]1(CCS(=O)(=O)c2ccccc2)N=C(c2ccc(OCCCO)cc2)O[C@@H]1c1ccc(Br)cc1. The van der Waals surface area contributed by atoms with Crippen molar-refractivity contribution in [3.05, 3.63) is 94.5 Å². The van der Waals surface area contributed by atoms with Gasteiger partial charge in [0, 0.05) is 49.7 Å². The van der Waals surface area contributed by atoms with Crippen LogP contribution in [0.1, 0.15) is 36.5 Å². The van der Waals surface area contributed by atoms with Crippen LogP contribution in [0.5, 0.6) is 5.75 Å². The van der Waals surface area contributed by atoms with Crippen molar-refractivity contribution in [2.75, 3.05) is 39.2 Å². The fraction of sp³-hybridized carbons (Fsp3) is 0.355. The van der Waals surface area contributed by atoms with E-state index in [-0.39, 0.29) is 29.6 Å². The Balaban J connectivity index is 1.73. The van der Waals surface area contributed by atoms with E-state index in [0.717, 1.165) is 4.47 Å². The van der Waals surface area contributed by atoms with Gasteiger partial charge in [-0.05, 0) is 60.5 Å². The summed E-state index contributed by atoms with van der Waals surface area (Å²) in [6.45, 7) is 1.21. The van der Waals surface area contributed by atoms with Gasteiger partial charge >= 0.3 is 0 Å². The monoisotopic (exact) mass is 658 g/mol. The smallest absolute Gasteiger partial charge is 0.252 e. The molecule has 1 aliphatic heterocycles. The standard InChI is InChI=1S/C31H35BrN2O7S/c1-39-20-5-18-33-30(36)31(17-22-42(37,38)27-7-3-2-4-8-27)28(23-9-13-25(32)14-10-23)41-29(34-31)24-11-15-26(16-12-24)40-21-6-19-35/h2-4,7-16,28,35H,5-6,17-22H2,1H3,(H,33,36)/t28-,31-/m1/s1. The molecule has 2 atom stereocenters. The number of ether oxygens (including phenoxy) is 3. The normalized spacial score (nSPS) is 18.3. The highest BCUT2D eigenvalue weighted by Gasteiger charge is 2.53. The van der Waals surface area contributed by atoms with Crippen molar-refractivity contribution in [3.63, 3.8) is 0 Å². The quantitative estimate of drug-likeness (QED) is 0.231. The molecule has 1 heterocycles. The lowest BCUT2D eigenvalue weighted by molar-refractivity contribution is -0.129. The Morgan fingerprint density at radius 3 is 2.40 bits per heavy atom. The predicted octanol–water partition coefficient (Wildman–Crippen LogP) is 4.48. The number of amides is 1. The Labute approximate surface area is 255 Å². The number of nitrogens with zero attached hydrogens (tertiary/aromatic N) is 1. The number of aliphatic hydroxyl groups is 1. The Kier molecular flexibility index (Phi) is 11.1. The van der Waals surface area contributed by atoms with Gasteiger partial charge in [0.1, 0.15) is 5.75 Å². The molecule has 1 aliphatic rings. The van der Waals surface area contributed by atoms with Crippen LogP contribution in [0.4, 0.5) is 0 Å². The van der Waals surface area contributed by atoms with Crippen LogP contribution < -0.4 is 10.1 Å². The summed E-state index contributed by atoms with van der Waals surface area (Å²) in [6.07, 6.45) is 0.112. The molecule has 9 nitrogen and oxygen atoms in total. The van der Waals surface area contributed by atoms with Gasteiger partial charge in [-0.2, -0.15) is 0 Å². The summed E-state index contributed by atoms with van der Waals surface area (Å²) in [5, 5.41) is 12.0. The van der Waals surface area contributed by atoms with Gasteiger partial charge in [0.25, 0.3) is 5.91 Å². The molecule has 0 radical (unpaired) electrons. The first-order valence-electron chi connectivity index (χ1n) is 13.7. The number of hydrogen-bond acceptors (Lipinski definition) is 8. The topological polar surface area (TPSA) is 124 Å². The second-order valence-corrected chi connectivity index (χ2v) is 12.8. The highest BCUT2D eigenvalue weighted by Crippen LogP contribution is 2.43. The summed E-state index contributed by atoms with van der Waals surface area (Å²) in [5.41, 5.74) is -0.259. The molecule has 0 spiro atoms. The molecule has 0 bridgehead atoms. The van der Waals surface area contributed by atoms with Crippen LogP contribution in [0.25, 0.3) is 0 Å². The summed E-state index contributed by atoms with van der Waals surface area (Å²) < 4.78 is 44.8. The molecule has 3 aromatic carbocycles. The third-order valence-corrected chi connectivity index (χ3v) is 9.13. The molecule has 0 saturated carbocycles. The van der Waals surface area contributed by atoms with Gasteiger partial charge < -0.3 is 24.6 Å². The average Bonchev–Trinajstić information content (AvgIpc) is 3.40. The first-order valence-corrected chi connectivity index (χ1v) is 16.1. The molecule has 0 aliphatic carbocycles. The summed E-state index contributed by atoms with van der Waals surface area (Å²) in [4.78, 5) is 19.1. The van der Waals surface area contributed by atoms with Gasteiger partial charge in [0.15, 0.2) is 21.5 Å². The summed E-state index contributed by atoms with van der Waals surface area (Å²) in [6, 6.07) is 22.6. The lowest BCUT2D eigenvalue weighted by Crippen LogP contribution is -2.49. The maximum absolute atomic E-state index is 14.0. The number of sulfone groups is 1. The number of benzene rings is 3. The number of hydrogen-bond donors (Lipinski definition) is 2. The number of rotatable bonds is 15. The molecule has 42 heavy (non-hydrogen) atoms. The maximum atomic E-state index is 14.0. The maximum Gasteiger partial charge on any atom is 0.252 e. The Morgan fingerprint density at radius 1 is 1.02 bits per heavy atom. The molecule has 3 aromatic rings. The zero-order valence-electron chi connectivity index (χ0n) is 23.4. The van der Waals surface area contributed by atoms with Crippen molar-refractivity contribution in [1.29, 1.82) is 0 Å². The van der Waals surface area contributed by atoms with Crippen LogP contribution in [0, 0.1) is 0 Å². The molecular weight excluding hydrogens is 624 g/mol. The van der Waals surface area contributed by atoms with E-state index >= 15 is 0 Å². The first-order chi connectivity index (χ1) is 20.3. The number of carbonyl (C=O) groups excluding carboxylic acids is 1. The minimum Gasteiger partial charge on any atom is -0.494 e. The fourth-order valence-electron chi connectivity index (χ4n) is 4.62. The number of carbonyl (C=O) groups is 1. The van der Waals surface area contributed by atoms with E-state index in [1.54, 1.807) is 61.7 Å². The molecule has 1 amide bonds. The van der Waals surface area contributed by atoms with E-state index in [2.05, 4.69) is 21.2 Å². The summed E-state index contributed by atoms with van der Waals surface area (Å²) in [5.74, 6) is 0.113. The lowest BCUT2D eigenvalue weighted by atomic mass is 9.85. The van der Waals surface area contributed by atoms with Crippen LogP contribution in [0.3, 0.4) is 0 Å². The van der Waals surface area contributed by atoms with E-state index in [9.17, 15) is 13.2 Å². The molecule has 4 rings (SSSR count). The number of aliphatic imine (C=N–C) groups is 1. The van der Waals surface area contributed by atoms with E-state index < -0.39 is 27.4 Å². The van der Waals surface area contributed by atoms with Crippen LogP contribution >= 0.6 is 15.9 Å². The predicted molar refractivity (Wildman–Crippen MR) is 163 cm³/mol. The highest BCUT2D eigenvalue weighted by atomic mass is 79.9. The van der Waals surface area contributed by atoms with Crippen molar-refractivity contribution in [2.24, 2.45) is 4.99 Å². The lowest BCUT2D eigenvalue weighted by Gasteiger charge is -2.30. The second kappa shape index (κ2) is 14.8. The van der Waals surface area contributed by atoms with Gasteiger partial charge in [0.2, 0.25) is 5.90 Å². The average molecular weight is 660 g/mol. The van der Waals surface area contributed by atoms with Gasteiger partial charge in [0.05, 0.1) is 17.3 Å². The van der Waals surface area contributed by atoms with Crippen LogP contribution in [-0.4, -0.2) is 70.1 Å². The molecule has 2 N–H and O–H groups in total. The largest absolute Gasteiger partial charge is 0.494 e. The van der Waals surface area contributed by atoms with Gasteiger partial charge in [-0.25, -0.2) is 13.4 Å². The molecule has 0 unspecified atom stereocenters. The van der Waals surface area contributed by atoms with Gasteiger partial charge in [-0.3, -0.25) is 4.79 Å². The summed E-state index contributed by atoms with van der Waals surface area (Å²) in [7, 11) is -2.14. The zero-order valence-corrected chi connectivity index (χ0v) is 25.8. The van der Waals surface area contributed by atoms with Crippen molar-refractivity contribution in [1.82, 2.24) is 5.32 Å². The number of methoxy groups -OCH3 is 1. The van der Waals surface area contributed by atoms with Crippen molar-refractivity contribution in [3.8, 4) is 5.75 Å². The molecule has 0 aromatic heterocycles.